The van der Waals surface area contributed by atoms with Gasteiger partial charge in [0.15, 0.2) is 0 Å². The zero-order chi connectivity index (χ0) is 35.5. The molecule has 50 heavy (non-hydrogen) atoms. The molecule has 5 aromatic rings. The molecule has 0 aliphatic carbocycles. The Morgan fingerprint density at radius 3 is 2.14 bits per heavy atom. The van der Waals surface area contributed by atoms with Crippen LogP contribution in [0.3, 0.4) is 0 Å². The van der Waals surface area contributed by atoms with E-state index in [1.54, 1.807) is 98.8 Å². The normalized spacial score (nSPS) is 11.6. The lowest BCUT2D eigenvalue weighted by molar-refractivity contribution is -0.384. The van der Waals surface area contributed by atoms with Gasteiger partial charge < -0.3 is 20.7 Å². The SMILES string of the molecule is Cc1cc([N+](=O)[O-])ccc1NC(=O)C(C)Sc1ccc(NC(=O)/C(=C/c2ccc(OCc3ccccc3)cc2)NC(=O)c2ccccc2)cc1. The Morgan fingerprint density at radius 2 is 1.50 bits per heavy atom. The molecule has 0 aliphatic rings. The van der Waals surface area contributed by atoms with Gasteiger partial charge in [0.2, 0.25) is 5.91 Å². The summed E-state index contributed by atoms with van der Waals surface area (Å²) in [5.41, 5.74) is 3.70. The van der Waals surface area contributed by atoms with Gasteiger partial charge in [0, 0.05) is 34.0 Å². The maximum Gasteiger partial charge on any atom is 0.272 e. The minimum absolute atomic E-state index is 0.0436. The van der Waals surface area contributed by atoms with Crippen molar-refractivity contribution in [2.24, 2.45) is 0 Å². The van der Waals surface area contributed by atoms with E-state index in [-0.39, 0.29) is 17.3 Å². The molecule has 5 rings (SSSR count). The fourth-order valence-electron chi connectivity index (χ4n) is 4.72. The first kappa shape index (κ1) is 35.1. The highest BCUT2D eigenvalue weighted by molar-refractivity contribution is 8.00. The fraction of sp³-hybridized carbons (Fsp3) is 0.103. The summed E-state index contributed by atoms with van der Waals surface area (Å²) < 4.78 is 5.88. The van der Waals surface area contributed by atoms with E-state index in [0.717, 1.165) is 10.5 Å². The van der Waals surface area contributed by atoms with Crippen LogP contribution in [0.1, 0.15) is 34.0 Å². The summed E-state index contributed by atoms with van der Waals surface area (Å²) in [6, 6.07) is 36.9. The largest absolute Gasteiger partial charge is 0.489 e. The molecule has 1 unspecified atom stereocenters. The fourth-order valence-corrected chi connectivity index (χ4v) is 5.59. The Bertz CT molecular complexity index is 2000. The van der Waals surface area contributed by atoms with E-state index in [9.17, 15) is 24.5 Å². The number of rotatable bonds is 13. The topological polar surface area (TPSA) is 140 Å². The second kappa shape index (κ2) is 16.8. The second-order valence-electron chi connectivity index (χ2n) is 11.2. The van der Waals surface area contributed by atoms with E-state index in [0.29, 0.717) is 40.4 Å². The van der Waals surface area contributed by atoms with E-state index < -0.39 is 22.0 Å². The first-order valence-electron chi connectivity index (χ1n) is 15.6. The predicted molar refractivity (Wildman–Crippen MR) is 196 cm³/mol. The molecular weight excluding hydrogens is 653 g/mol. The summed E-state index contributed by atoms with van der Waals surface area (Å²) in [5.74, 6) is -0.552. The zero-order valence-electron chi connectivity index (χ0n) is 27.3. The Kier molecular flexibility index (Phi) is 11.8. The van der Waals surface area contributed by atoms with Crippen molar-refractivity contribution in [2.45, 2.75) is 30.6 Å². The molecule has 1 atom stereocenters. The molecule has 3 N–H and O–H groups in total. The number of nitro groups is 1. The molecule has 0 aliphatic heterocycles. The predicted octanol–water partition coefficient (Wildman–Crippen LogP) is 8.01. The average Bonchev–Trinajstić information content (AvgIpc) is 3.13. The van der Waals surface area contributed by atoms with Crippen LogP contribution in [0.4, 0.5) is 17.1 Å². The molecule has 0 radical (unpaired) electrons. The Morgan fingerprint density at radius 1 is 0.840 bits per heavy atom. The molecule has 11 heteroatoms. The van der Waals surface area contributed by atoms with Gasteiger partial charge in [-0.05, 0) is 91.2 Å². The monoisotopic (exact) mass is 686 g/mol. The number of nitro benzene ring substituents is 1. The number of amides is 3. The van der Waals surface area contributed by atoms with Crippen LogP contribution in [0.2, 0.25) is 0 Å². The number of aryl methyl sites for hydroxylation is 1. The Hall–Kier alpha value is -6.20. The van der Waals surface area contributed by atoms with E-state index >= 15 is 0 Å². The average molecular weight is 687 g/mol. The van der Waals surface area contributed by atoms with Crippen molar-refractivity contribution < 1.29 is 24.0 Å². The van der Waals surface area contributed by atoms with Gasteiger partial charge in [-0.15, -0.1) is 11.8 Å². The van der Waals surface area contributed by atoms with Crippen LogP contribution in [0.5, 0.6) is 5.75 Å². The number of anilines is 2. The van der Waals surface area contributed by atoms with Crippen LogP contribution >= 0.6 is 11.8 Å². The number of nitrogens with one attached hydrogen (secondary N) is 3. The third-order valence-electron chi connectivity index (χ3n) is 7.44. The van der Waals surface area contributed by atoms with Crippen molar-refractivity contribution in [3.05, 3.63) is 165 Å². The lowest BCUT2D eigenvalue weighted by atomic mass is 10.1. The molecule has 0 aromatic heterocycles. The van der Waals surface area contributed by atoms with Crippen molar-refractivity contribution in [3.8, 4) is 5.75 Å². The maximum atomic E-state index is 13.5. The second-order valence-corrected chi connectivity index (χ2v) is 12.6. The van der Waals surface area contributed by atoms with Crippen LogP contribution in [-0.2, 0) is 16.2 Å². The van der Waals surface area contributed by atoms with Crippen molar-refractivity contribution in [3.63, 3.8) is 0 Å². The van der Waals surface area contributed by atoms with Crippen LogP contribution < -0.4 is 20.7 Å². The number of carbonyl (C=O) groups is 3. The molecule has 0 saturated carbocycles. The summed E-state index contributed by atoms with van der Waals surface area (Å²) in [6.45, 7) is 3.87. The van der Waals surface area contributed by atoms with Crippen LogP contribution in [0, 0.1) is 17.0 Å². The zero-order valence-corrected chi connectivity index (χ0v) is 28.1. The third kappa shape index (κ3) is 9.91. The smallest absolute Gasteiger partial charge is 0.272 e. The lowest BCUT2D eigenvalue weighted by Crippen LogP contribution is -2.30. The van der Waals surface area contributed by atoms with Gasteiger partial charge in [-0.25, -0.2) is 0 Å². The van der Waals surface area contributed by atoms with Gasteiger partial charge in [-0.3, -0.25) is 24.5 Å². The third-order valence-corrected chi connectivity index (χ3v) is 8.55. The molecule has 0 heterocycles. The van der Waals surface area contributed by atoms with Gasteiger partial charge in [-0.1, -0.05) is 60.7 Å². The molecule has 5 aromatic carbocycles. The van der Waals surface area contributed by atoms with Crippen molar-refractivity contribution >= 4 is 52.6 Å². The summed E-state index contributed by atoms with van der Waals surface area (Å²) in [6.07, 6.45) is 1.59. The highest BCUT2D eigenvalue weighted by atomic mass is 32.2. The van der Waals surface area contributed by atoms with Gasteiger partial charge in [0.1, 0.15) is 18.1 Å². The van der Waals surface area contributed by atoms with Gasteiger partial charge in [0.25, 0.3) is 17.5 Å². The van der Waals surface area contributed by atoms with Crippen LogP contribution in [0.25, 0.3) is 6.08 Å². The highest BCUT2D eigenvalue weighted by Gasteiger charge is 2.18. The van der Waals surface area contributed by atoms with Crippen LogP contribution in [-0.4, -0.2) is 27.9 Å². The molecule has 10 nitrogen and oxygen atoms in total. The lowest BCUT2D eigenvalue weighted by Gasteiger charge is -2.14. The number of hydrogen-bond donors (Lipinski definition) is 3. The summed E-state index contributed by atoms with van der Waals surface area (Å²) in [7, 11) is 0. The van der Waals surface area contributed by atoms with Crippen molar-refractivity contribution in [1.29, 1.82) is 0 Å². The molecule has 3 amide bonds. The highest BCUT2D eigenvalue weighted by Crippen LogP contribution is 2.27. The van der Waals surface area contributed by atoms with Gasteiger partial charge in [-0.2, -0.15) is 0 Å². The minimum atomic E-state index is -0.523. The summed E-state index contributed by atoms with van der Waals surface area (Å²) in [5, 5.41) is 18.9. The quantitative estimate of drug-likeness (QED) is 0.0493. The van der Waals surface area contributed by atoms with Gasteiger partial charge >= 0.3 is 0 Å². The molecule has 0 bridgehead atoms. The van der Waals surface area contributed by atoms with Crippen molar-refractivity contribution in [1.82, 2.24) is 5.32 Å². The van der Waals surface area contributed by atoms with Crippen molar-refractivity contribution in [2.75, 3.05) is 10.6 Å². The standard InChI is InChI=1S/C39H34N4O6S/c1-26-23-32(43(47)48)17-22-35(26)41-37(44)27(2)50-34-20-15-31(16-21-34)40-39(46)36(42-38(45)30-11-7-4-8-12-30)24-28-13-18-33(19-14-28)49-25-29-9-5-3-6-10-29/h3-24,27H,25H2,1-2H3,(H,40,46)(H,41,44)(H,42,45)/b36-24-. The summed E-state index contributed by atoms with van der Waals surface area (Å²) >= 11 is 1.32. The summed E-state index contributed by atoms with van der Waals surface area (Å²) in [4.78, 5) is 50.7. The molecule has 0 fully saturated rings. The van der Waals surface area contributed by atoms with E-state index in [4.69, 9.17) is 4.74 Å². The number of hydrogen-bond acceptors (Lipinski definition) is 7. The first-order valence-corrected chi connectivity index (χ1v) is 16.5. The molecule has 252 valence electrons. The Labute approximate surface area is 293 Å². The number of benzene rings is 5. The molecule has 0 saturated heterocycles. The van der Waals surface area contributed by atoms with Crippen LogP contribution in [0.15, 0.2) is 138 Å². The van der Waals surface area contributed by atoms with E-state index in [1.165, 1.54) is 30.0 Å². The number of ether oxygens (including phenoxy) is 1. The minimum Gasteiger partial charge on any atom is -0.489 e. The maximum absolute atomic E-state index is 13.5. The molecular formula is C39H34N4O6S. The number of non-ortho nitro benzene ring substituents is 1. The van der Waals surface area contributed by atoms with E-state index in [1.807, 2.05) is 30.3 Å². The number of thioether (sulfide) groups is 1. The Balaban J connectivity index is 1.24. The van der Waals surface area contributed by atoms with Gasteiger partial charge in [0.05, 0.1) is 10.2 Å². The number of nitrogens with zero attached hydrogens (tertiary/aromatic N) is 1. The first-order chi connectivity index (χ1) is 24.1. The number of carbonyl (C=O) groups excluding carboxylic acids is 3. The van der Waals surface area contributed by atoms with E-state index in [2.05, 4.69) is 16.0 Å². The molecule has 0 spiro atoms.